The summed E-state index contributed by atoms with van der Waals surface area (Å²) in [6, 6.07) is 8.95. The molecule has 1 saturated heterocycles. The molecule has 0 amide bonds. The van der Waals surface area contributed by atoms with E-state index in [0.717, 1.165) is 18.5 Å². The third-order valence-electron chi connectivity index (χ3n) is 3.21. The van der Waals surface area contributed by atoms with E-state index in [9.17, 15) is 0 Å². The molecular weight excluding hydrogens is 230 g/mol. The molecule has 0 saturated carbocycles. The molecule has 2 rings (SSSR count). The van der Waals surface area contributed by atoms with Crippen molar-refractivity contribution in [3.8, 4) is 0 Å². The van der Waals surface area contributed by atoms with Crippen molar-refractivity contribution in [3.63, 3.8) is 0 Å². The maximum atomic E-state index is 8.96. The minimum Gasteiger partial charge on any atom is -0.392 e. The molecule has 3 heteroatoms. The summed E-state index contributed by atoms with van der Waals surface area (Å²) < 4.78 is 0. The molecule has 2 nitrogen and oxygen atoms in total. The van der Waals surface area contributed by atoms with E-state index in [-0.39, 0.29) is 6.61 Å². The van der Waals surface area contributed by atoms with E-state index < -0.39 is 0 Å². The van der Waals surface area contributed by atoms with Crippen LogP contribution in [0.5, 0.6) is 0 Å². The van der Waals surface area contributed by atoms with Crippen molar-refractivity contribution in [3.05, 3.63) is 35.4 Å². The van der Waals surface area contributed by atoms with Gasteiger partial charge in [0.15, 0.2) is 0 Å². The van der Waals surface area contributed by atoms with Gasteiger partial charge in [0.1, 0.15) is 0 Å². The first-order chi connectivity index (χ1) is 8.38. The molecule has 17 heavy (non-hydrogen) atoms. The van der Waals surface area contributed by atoms with Crippen LogP contribution in [0.4, 0.5) is 0 Å². The standard InChI is InChI=1S/C14H21NOS/c16-10-13-5-3-12(4-6-13)7-8-15-14-2-1-9-17-11-14/h3-6,14-16H,1-2,7-11H2. The van der Waals surface area contributed by atoms with Gasteiger partial charge in [0.25, 0.3) is 0 Å². The molecule has 0 radical (unpaired) electrons. The van der Waals surface area contributed by atoms with Crippen molar-refractivity contribution < 1.29 is 5.11 Å². The van der Waals surface area contributed by atoms with Gasteiger partial charge in [0, 0.05) is 11.8 Å². The zero-order valence-electron chi connectivity index (χ0n) is 10.2. The lowest BCUT2D eigenvalue weighted by atomic mass is 10.1. The average molecular weight is 251 g/mol. The molecular formula is C14H21NOS. The van der Waals surface area contributed by atoms with Gasteiger partial charge < -0.3 is 10.4 Å². The maximum absolute atomic E-state index is 8.96. The van der Waals surface area contributed by atoms with Crippen molar-refractivity contribution in [1.29, 1.82) is 0 Å². The highest BCUT2D eigenvalue weighted by molar-refractivity contribution is 7.99. The summed E-state index contributed by atoms with van der Waals surface area (Å²) >= 11 is 2.06. The highest BCUT2D eigenvalue weighted by Gasteiger charge is 2.12. The van der Waals surface area contributed by atoms with Crippen LogP contribution in [0.25, 0.3) is 0 Å². The molecule has 2 N–H and O–H groups in total. The Labute approximate surface area is 108 Å². The topological polar surface area (TPSA) is 32.3 Å². The normalized spacial score (nSPS) is 20.4. The van der Waals surface area contributed by atoms with Crippen LogP contribution in [0, 0.1) is 0 Å². The second-order valence-electron chi connectivity index (χ2n) is 4.59. The van der Waals surface area contributed by atoms with E-state index in [1.807, 2.05) is 12.1 Å². The van der Waals surface area contributed by atoms with E-state index in [2.05, 4.69) is 29.2 Å². The largest absolute Gasteiger partial charge is 0.392 e. The summed E-state index contributed by atoms with van der Waals surface area (Å²) in [6.45, 7) is 1.20. The predicted molar refractivity (Wildman–Crippen MR) is 74.4 cm³/mol. The first kappa shape index (κ1) is 12.9. The zero-order valence-corrected chi connectivity index (χ0v) is 11.0. The highest BCUT2D eigenvalue weighted by atomic mass is 32.2. The minimum atomic E-state index is 0.137. The Morgan fingerprint density at radius 2 is 2.00 bits per heavy atom. The number of aliphatic hydroxyl groups excluding tert-OH is 1. The van der Waals surface area contributed by atoms with Crippen LogP contribution in [-0.4, -0.2) is 29.2 Å². The van der Waals surface area contributed by atoms with Crippen LogP contribution in [0.3, 0.4) is 0 Å². The summed E-state index contributed by atoms with van der Waals surface area (Å²) in [5.41, 5.74) is 2.34. The Balaban J connectivity index is 1.69. The monoisotopic (exact) mass is 251 g/mol. The van der Waals surface area contributed by atoms with Crippen LogP contribution in [0.1, 0.15) is 24.0 Å². The second kappa shape index (κ2) is 7.04. The van der Waals surface area contributed by atoms with Crippen LogP contribution in [0.15, 0.2) is 24.3 Å². The van der Waals surface area contributed by atoms with Gasteiger partial charge in [-0.2, -0.15) is 11.8 Å². The molecule has 1 aromatic rings. The summed E-state index contributed by atoms with van der Waals surface area (Å²) in [7, 11) is 0. The van der Waals surface area contributed by atoms with Gasteiger partial charge in [-0.1, -0.05) is 24.3 Å². The Morgan fingerprint density at radius 1 is 1.24 bits per heavy atom. The highest BCUT2D eigenvalue weighted by Crippen LogP contribution is 2.16. The number of benzene rings is 1. The van der Waals surface area contributed by atoms with Crippen molar-refractivity contribution in [2.24, 2.45) is 0 Å². The van der Waals surface area contributed by atoms with Gasteiger partial charge in [0.2, 0.25) is 0 Å². The molecule has 0 bridgehead atoms. The Morgan fingerprint density at radius 3 is 2.65 bits per heavy atom. The van der Waals surface area contributed by atoms with Gasteiger partial charge in [-0.3, -0.25) is 0 Å². The number of rotatable bonds is 5. The molecule has 1 fully saturated rings. The molecule has 1 unspecified atom stereocenters. The average Bonchev–Trinajstić information content (AvgIpc) is 2.41. The molecule has 0 aromatic heterocycles. The fourth-order valence-corrected chi connectivity index (χ4v) is 3.24. The summed E-state index contributed by atoms with van der Waals surface area (Å²) in [5, 5.41) is 12.6. The van der Waals surface area contributed by atoms with Crippen LogP contribution >= 0.6 is 11.8 Å². The first-order valence-electron chi connectivity index (χ1n) is 6.38. The quantitative estimate of drug-likeness (QED) is 0.841. The summed E-state index contributed by atoms with van der Waals surface area (Å²) in [5.74, 6) is 2.60. The first-order valence-corrected chi connectivity index (χ1v) is 7.54. The fraction of sp³-hybridized carbons (Fsp3) is 0.571. The number of thioether (sulfide) groups is 1. The predicted octanol–water partition coefficient (Wildman–Crippen LogP) is 2.21. The summed E-state index contributed by atoms with van der Waals surface area (Å²) in [6.07, 6.45) is 3.76. The van der Waals surface area contributed by atoms with Gasteiger partial charge in [-0.25, -0.2) is 0 Å². The molecule has 1 atom stereocenters. The maximum Gasteiger partial charge on any atom is 0.0681 e. The van der Waals surface area contributed by atoms with Crippen LogP contribution in [0.2, 0.25) is 0 Å². The molecule has 0 spiro atoms. The van der Waals surface area contributed by atoms with Crippen LogP contribution < -0.4 is 5.32 Å². The molecule has 1 aliphatic rings. The summed E-state index contributed by atoms with van der Waals surface area (Å²) in [4.78, 5) is 0. The molecule has 1 aromatic carbocycles. The van der Waals surface area contributed by atoms with Gasteiger partial charge in [0.05, 0.1) is 6.61 Å². The lowest BCUT2D eigenvalue weighted by Gasteiger charge is -2.22. The Hall–Kier alpha value is -0.510. The van der Waals surface area contributed by atoms with Gasteiger partial charge in [-0.15, -0.1) is 0 Å². The molecule has 1 aliphatic heterocycles. The van der Waals surface area contributed by atoms with Crippen molar-refractivity contribution in [2.75, 3.05) is 18.1 Å². The third-order valence-corrected chi connectivity index (χ3v) is 4.43. The third kappa shape index (κ3) is 4.34. The molecule has 1 heterocycles. The number of aliphatic hydroxyl groups is 1. The number of hydrogen-bond acceptors (Lipinski definition) is 3. The SMILES string of the molecule is OCc1ccc(CCNC2CCCSC2)cc1. The fourth-order valence-electron chi connectivity index (χ4n) is 2.13. The van der Waals surface area contributed by atoms with E-state index >= 15 is 0 Å². The minimum absolute atomic E-state index is 0.137. The lowest BCUT2D eigenvalue weighted by Crippen LogP contribution is -2.35. The molecule has 94 valence electrons. The van der Waals surface area contributed by atoms with E-state index in [4.69, 9.17) is 5.11 Å². The molecule has 0 aliphatic carbocycles. The van der Waals surface area contributed by atoms with Gasteiger partial charge >= 0.3 is 0 Å². The lowest BCUT2D eigenvalue weighted by molar-refractivity contribution is 0.282. The smallest absolute Gasteiger partial charge is 0.0681 e. The van der Waals surface area contributed by atoms with Gasteiger partial charge in [-0.05, 0) is 42.7 Å². The van der Waals surface area contributed by atoms with E-state index in [1.165, 1.54) is 29.9 Å². The van der Waals surface area contributed by atoms with E-state index in [1.54, 1.807) is 0 Å². The Bertz CT molecular complexity index is 319. The van der Waals surface area contributed by atoms with Crippen molar-refractivity contribution in [2.45, 2.75) is 31.9 Å². The second-order valence-corrected chi connectivity index (χ2v) is 5.74. The number of hydrogen-bond donors (Lipinski definition) is 2. The van der Waals surface area contributed by atoms with Crippen LogP contribution in [-0.2, 0) is 13.0 Å². The number of nitrogens with one attached hydrogen (secondary N) is 1. The zero-order chi connectivity index (χ0) is 11.9. The van der Waals surface area contributed by atoms with Crippen molar-refractivity contribution in [1.82, 2.24) is 5.32 Å². The van der Waals surface area contributed by atoms with E-state index in [0.29, 0.717) is 6.04 Å². The Kier molecular flexibility index (Phi) is 5.36. The van der Waals surface area contributed by atoms with Crippen molar-refractivity contribution >= 4 is 11.8 Å².